The Balaban J connectivity index is 2.81. The van der Waals surface area contributed by atoms with E-state index in [1.807, 2.05) is 10.9 Å². The van der Waals surface area contributed by atoms with Gasteiger partial charge in [0.15, 0.2) is 6.29 Å². The van der Waals surface area contributed by atoms with Crippen LogP contribution in [-0.2, 0) is 0 Å². The molecular weight excluding hydrogens is 152 g/mol. The van der Waals surface area contributed by atoms with E-state index < -0.39 is 0 Å². The molecule has 0 saturated carbocycles. The van der Waals surface area contributed by atoms with E-state index in [0.29, 0.717) is 17.7 Å². The highest BCUT2D eigenvalue weighted by Gasteiger charge is 2.09. The Labute approximate surface area is 72.4 Å². The second-order valence-electron chi connectivity index (χ2n) is 3.32. The average molecular weight is 166 g/mol. The maximum atomic E-state index is 10.3. The molecule has 3 nitrogen and oxygen atoms in total. The number of hydrogen-bond donors (Lipinski definition) is 0. The van der Waals surface area contributed by atoms with Crippen molar-refractivity contribution in [3.63, 3.8) is 0 Å². The Morgan fingerprint density at radius 2 is 2.17 bits per heavy atom. The summed E-state index contributed by atoms with van der Waals surface area (Å²) in [6.45, 7) is 6.35. The fourth-order valence-corrected chi connectivity index (χ4v) is 0.948. The fraction of sp³-hybridized carbons (Fsp3) is 0.556. The lowest BCUT2D eigenvalue weighted by molar-refractivity contribution is 0.111. The van der Waals surface area contributed by atoms with Gasteiger partial charge in [0.1, 0.15) is 5.69 Å². The number of carbonyl (C=O) groups excluding carboxylic acids is 1. The number of aromatic nitrogens is 2. The molecule has 0 fully saturated rings. The summed E-state index contributed by atoms with van der Waals surface area (Å²) in [5, 5.41) is 4.10. The molecule has 1 atom stereocenters. The van der Waals surface area contributed by atoms with Crippen molar-refractivity contribution in [1.29, 1.82) is 0 Å². The normalized spacial score (nSPS) is 13.3. The first-order valence-electron chi connectivity index (χ1n) is 4.15. The number of rotatable bonds is 3. The maximum Gasteiger partial charge on any atom is 0.170 e. The minimum Gasteiger partial charge on any atom is -0.296 e. The van der Waals surface area contributed by atoms with E-state index in [1.54, 1.807) is 6.07 Å². The highest BCUT2D eigenvalue weighted by atomic mass is 16.1. The van der Waals surface area contributed by atoms with Crippen LogP contribution in [-0.4, -0.2) is 16.1 Å². The summed E-state index contributed by atoms with van der Waals surface area (Å²) in [5.74, 6) is 0.532. The van der Waals surface area contributed by atoms with Gasteiger partial charge in [0.05, 0.1) is 6.04 Å². The van der Waals surface area contributed by atoms with Crippen molar-refractivity contribution in [1.82, 2.24) is 9.78 Å². The highest BCUT2D eigenvalue weighted by molar-refractivity contribution is 5.71. The lowest BCUT2D eigenvalue weighted by Gasteiger charge is -2.15. The molecule has 12 heavy (non-hydrogen) atoms. The van der Waals surface area contributed by atoms with Gasteiger partial charge in [-0.15, -0.1) is 0 Å². The molecule has 1 heterocycles. The summed E-state index contributed by atoms with van der Waals surface area (Å²) < 4.78 is 1.83. The van der Waals surface area contributed by atoms with Gasteiger partial charge in [-0.3, -0.25) is 9.48 Å². The molecule has 66 valence electrons. The Hall–Kier alpha value is -1.12. The van der Waals surface area contributed by atoms with Crippen molar-refractivity contribution in [2.75, 3.05) is 0 Å². The zero-order chi connectivity index (χ0) is 9.14. The smallest absolute Gasteiger partial charge is 0.170 e. The summed E-state index contributed by atoms with van der Waals surface area (Å²) in [6.07, 6.45) is 2.61. The maximum absolute atomic E-state index is 10.3. The van der Waals surface area contributed by atoms with Gasteiger partial charge < -0.3 is 0 Å². The zero-order valence-electron chi connectivity index (χ0n) is 7.69. The second-order valence-corrected chi connectivity index (χ2v) is 3.32. The molecule has 0 amide bonds. The minimum atomic E-state index is 0.346. The van der Waals surface area contributed by atoms with Crippen molar-refractivity contribution in [3.05, 3.63) is 18.0 Å². The van der Waals surface area contributed by atoms with Crippen molar-refractivity contribution < 1.29 is 4.79 Å². The number of nitrogens with zero attached hydrogens (tertiary/aromatic N) is 2. The predicted octanol–water partition coefficient (Wildman–Crippen LogP) is 1.91. The quantitative estimate of drug-likeness (QED) is 0.643. The number of hydrogen-bond acceptors (Lipinski definition) is 2. The summed E-state index contributed by atoms with van der Waals surface area (Å²) >= 11 is 0. The third-order valence-corrected chi connectivity index (χ3v) is 2.13. The van der Waals surface area contributed by atoms with Crippen molar-refractivity contribution in [2.45, 2.75) is 26.8 Å². The summed E-state index contributed by atoms with van der Waals surface area (Å²) in [4.78, 5) is 10.3. The van der Waals surface area contributed by atoms with Crippen LogP contribution >= 0.6 is 0 Å². The van der Waals surface area contributed by atoms with Crippen LogP contribution in [0.5, 0.6) is 0 Å². The second kappa shape index (κ2) is 3.52. The summed E-state index contributed by atoms with van der Waals surface area (Å²) in [7, 11) is 0. The van der Waals surface area contributed by atoms with Crippen molar-refractivity contribution >= 4 is 6.29 Å². The first-order chi connectivity index (χ1) is 5.65. The van der Waals surface area contributed by atoms with E-state index in [1.165, 1.54) is 0 Å². The molecule has 0 bridgehead atoms. The monoisotopic (exact) mass is 166 g/mol. The lowest BCUT2D eigenvalue weighted by atomic mass is 10.1. The van der Waals surface area contributed by atoms with Crippen LogP contribution in [0, 0.1) is 5.92 Å². The van der Waals surface area contributed by atoms with Crippen molar-refractivity contribution in [3.8, 4) is 0 Å². The summed E-state index contributed by atoms with van der Waals surface area (Å²) in [6, 6.07) is 2.07. The van der Waals surface area contributed by atoms with Crippen LogP contribution in [0.3, 0.4) is 0 Å². The Morgan fingerprint density at radius 1 is 1.50 bits per heavy atom. The van der Waals surface area contributed by atoms with Crippen LogP contribution in [0.4, 0.5) is 0 Å². The fourth-order valence-electron chi connectivity index (χ4n) is 0.948. The first kappa shape index (κ1) is 8.97. The van der Waals surface area contributed by atoms with Gasteiger partial charge in [-0.25, -0.2) is 0 Å². The molecule has 1 aromatic rings. The van der Waals surface area contributed by atoms with E-state index in [2.05, 4.69) is 25.9 Å². The van der Waals surface area contributed by atoms with Crippen LogP contribution in [0.1, 0.15) is 37.3 Å². The van der Waals surface area contributed by atoms with E-state index in [9.17, 15) is 4.79 Å². The number of carbonyl (C=O) groups is 1. The van der Waals surface area contributed by atoms with Gasteiger partial charge in [-0.2, -0.15) is 5.10 Å². The van der Waals surface area contributed by atoms with Gasteiger partial charge in [0, 0.05) is 6.20 Å². The van der Waals surface area contributed by atoms with E-state index in [-0.39, 0.29) is 0 Å². The molecule has 0 spiro atoms. The minimum absolute atomic E-state index is 0.346. The van der Waals surface area contributed by atoms with E-state index in [4.69, 9.17) is 0 Å². The molecule has 1 unspecified atom stereocenters. The van der Waals surface area contributed by atoms with Crippen LogP contribution in [0.15, 0.2) is 12.3 Å². The molecule has 0 aliphatic carbocycles. The van der Waals surface area contributed by atoms with Gasteiger partial charge in [0.2, 0.25) is 0 Å². The molecule has 0 N–H and O–H groups in total. The molecular formula is C9H14N2O. The molecule has 0 saturated heterocycles. The zero-order valence-corrected chi connectivity index (χ0v) is 7.69. The van der Waals surface area contributed by atoms with Gasteiger partial charge >= 0.3 is 0 Å². The number of aldehydes is 1. The summed E-state index contributed by atoms with van der Waals surface area (Å²) in [5.41, 5.74) is 0.502. The van der Waals surface area contributed by atoms with Gasteiger partial charge in [-0.05, 0) is 18.9 Å². The SMILES string of the molecule is CC(C)C(C)n1ccc(C=O)n1. The average Bonchev–Trinajstić information content (AvgIpc) is 2.50. The molecule has 0 aliphatic rings. The Morgan fingerprint density at radius 3 is 2.58 bits per heavy atom. The van der Waals surface area contributed by atoms with E-state index >= 15 is 0 Å². The van der Waals surface area contributed by atoms with Crippen LogP contribution in [0.25, 0.3) is 0 Å². The topological polar surface area (TPSA) is 34.9 Å². The first-order valence-corrected chi connectivity index (χ1v) is 4.15. The van der Waals surface area contributed by atoms with Crippen LogP contribution < -0.4 is 0 Å². The van der Waals surface area contributed by atoms with Crippen LogP contribution in [0.2, 0.25) is 0 Å². The van der Waals surface area contributed by atoms with Gasteiger partial charge in [-0.1, -0.05) is 13.8 Å². The Kier molecular flexibility index (Phi) is 2.63. The predicted molar refractivity (Wildman–Crippen MR) is 47.2 cm³/mol. The third kappa shape index (κ3) is 1.72. The highest BCUT2D eigenvalue weighted by Crippen LogP contribution is 2.14. The third-order valence-electron chi connectivity index (χ3n) is 2.13. The lowest BCUT2D eigenvalue weighted by Crippen LogP contribution is -2.12. The molecule has 1 rings (SSSR count). The molecule has 0 aliphatic heterocycles. The standard InChI is InChI=1S/C9H14N2O/c1-7(2)8(3)11-5-4-9(6-12)10-11/h4-8H,1-3H3. The van der Waals surface area contributed by atoms with Gasteiger partial charge in [0.25, 0.3) is 0 Å². The molecule has 1 aromatic heterocycles. The molecule has 0 aromatic carbocycles. The molecule has 0 radical (unpaired) electrons. The van der Waals surface area contributed by atoms with E-state index in [0.717, 1.165) is 6.29 Å². The largest absolute Gasteiger partial charge is 0.296 e. The van der Waals surface area contributed by atoms with Crippen molar-refractivity contribution in [2.24, 2.45) is 5.92 Å². The molecule has 3 heteroatoms. The Bertz CT molecular complexity index is 265.